The lowest BCUT2D eigenvalue weighted by Gasteiger charge is -2.31. The number of nitrogens with zero attached hydrogens (tertiary/aromatic N) is 1. The highest BCUT2D eigenvalue weighted by atomic mass is 16.3. The van der Waals surface area contributed by atoms with Gasteiger partial charge in [0.25, 0.3) is 0 Å². The Balaban J connectivity index is 2.00. The average molecular weight is 226 g/mol. The second kappa shape index (κ2) is 4.72. The van der Waals surface area contributed by atoms with Crippen LogP contribution in [0.15, 0.2) is 0 Å². The van der Waals surface area contributed by atoms with Gasteiger partial charge in [0.2, 0.25) is 5.91 Å². The van der Waals surface area contributed by atoms with Crippen LogP contribution >= 0.6 is 0 Å². The summed E-state index contributed by atoms with van der Waals surface area (Å²) in [6.07, 6.45) is 3.33. The van der Waals surface area contributed by atoms with Crippen LogP contribution < -0.4 is 5.32 Å². The van der Waals surface area contributed by atoms with Gasteiger partial charge < -0.3 is 15.3 Å². The van der Waals surface area contributed by atoms with Gasteiger partial charge >= 0.3 is 0 Å². The van der Waals surface area contributed by atoms with Crippen molar-refractivity contribution in [1.82, 2.24) is 10.2 Å². The summed E-state index contributed by atoms with van der Waals surface area (Å²) in [5.41, 5.74) is 0. The summed E-state index contributed by atoms with van der Waals surface area (Å²) >= 11 is 0. The highest BCUT2D eigenvalue weighted by molar-refractivity contribution is 5.80. The SMILES string of the molecule is CC(C)N(CCO)C(=O)C1CC2CCC1N2. The molecular formula is C12H22N2O2. The Morgan fingerprint density at radius 2 is 2.25 bits per heavy atom. The van der Waals surface area contributed by atoms with Crippen molar-refractivity contribution in [3.8, 4) is 0 Å². The number of fused-ring (bicyclic) bond motifs is 2. The molecule has 0 radical (unpaired) electrons. The zero-order valence-electron chi connectivity index (χ0n) is 10.1. The van der Waals surface area contributed by atoms with E-state index in [0.717, 1.165) is 12.8 Å². The maximum Gasteiger partial charge on any atom is 0.227 e. The van der Waals surface area contributed by atoms with Crippen LogP contribution in [0.2, 0.25) is 0 Å². The molecule has 2 heterocycles. The smallest absolute Gasteiger partial charge is 0.227 e. The van der Waals surface area contributed by atoms with E-state index >= 15 is 0 Å². The summed E-state index contributed by atoms with van der Waals surface area (Å²) in [6, 6.07) is 1.12. The Kier molecular flexibility index (Phi) is 3.50. The van der Waals surface area contributed by atoms with Crippen molar-refractivity contribution < 1.29 is 9.90 Å². The average Bonchev–Trinajstić information content (AvgIpc) is 2.86. The van der Waals surface area contributed by atoms with Gasteiger partial charge in [0.1, 0.15) is 0 Å². The molecular weight excluding hydrogens is 204 g/mol. The van der Waals surface area contributed by atoms with Gasteiger partial charge in [-0.25, -0.2) is 0 Å². The first kappa shape index (κ1) is 11.9. The van der Waals surface area contributed by atoms with E-state index in [-0.39, 0.29) is 24.5 Å². The Labute approximate surface area is 97.0 Å². The molecule has 2 aliphatic heterocycles. The molecule has 0 aliphatic carbocycles. The molecule has 3 unspecified atom stereocenters. The van der Waals surface area contributed by atoms with Crippen LogP contribution in [0, 0.1) is 5.92 Å². The minimum Gasteiger partial charge on any atom is -0.395 e. The summed E-state index contributed by atoms with van der Waals surface area (Å²) in [5, 5.41) is 12.5. The Hall–Kier alpha value is -0.610. The largest absolute Gasteiger partial charge is 0.395 e. The number of rotatable bonds is 4. The molecule has 2 saturated heterocycles. The predicted octanol–water partition coefficient (Wildman–Crippen LogP) is 0.356. The van der Waals surface area contributed by atoms with Gasteiger partial charge in [0.05, 0.1) is 12.5 Å². The zero-order valence-corrected chi connectivity index (χ0v) is 10.1. The van der Waals surface area contributed by atoms with Crippen molar-refractivity contribution in [2.24, 2.45) is 5.92 Å². The molecule has 92 valence electrons. The van der Waals surface area contributed by atoms with Crippen molar-refractivity contribution in [3.05, 3.63) is 0 Å². The van der Waals surface area contributed by atoms with Gasteiger partial charge in [0, 0.05) is 24.7 Å². The molecule has 1 amide bonds. The van der Waals surface area contributed by atoms with Gasteiger partial charge in [0.15, 0.2) is 0 Å². The third-order valence-corrected chi connectivity index (χ3v) is 3.86. The third kappa shape index (κ3) is 2.09. The zero-order chi connectivity index (χ0) is 11.7. The summed E-state index contributed by atoms with van der Waals surface area (Å²) in [4.78, 5) is 14.2. The molecule has 3 atom stereocenters. The Bertz CT molecular complexity index is 264. The molecule has 4 nitrogen and oxygen atoms in total. The number of aliphatic hydroxyl groups excluding tert-OH is 1. The third-order valence-electron chi connectivity index (χ3n) is 3.86. The van der Waals surface area contributed by atoms with Crippen LogP contribution in [0.5, 0.6) is 0 Å². The molecule has 0 spiro atoms. The first-order valence-corrected chi connectivity index (χ1v) is 6.31. The quantitative estimate of drug-likeness (QED) is 0.727. The minimum absolute atomic E-state index is 0.0537. The number of carbonyl (C=O) groups is 1. The van der Waals surface area contributed by atoms with E-state index < -0.39 is 0 Å². The van der Waals surface area contributed by atoms with Gasteiger partial charge in [-0.3, -0.25) is 4.79 Å². The fourth-order valence-corrected chi connectivity index (χ4v) is 3.04. The first-order valence-electron chi connectivity index (χ1n) is 6.31. The van der Waals surface area contributed by atoms with Crippen LogP contribution in [0.1, 0.15) is 33.1 Å². The molecule has 0 saturated carbocycles. The Morgan fingerprint density at radius 1 is 1.50 bits per heavy atom. The van der Waals surface area contributed by atoms with Crippen molar-refractivity contribution >= 4 is 5.91 Å². The molecule has 2 rings (SSSR count). The van der Waals surface area contributed by atoms with Gasteiger partial charge in [-0.1, -0.05) is 0 Å². The molecule has 2 aliphatic rings. The van der Waals surface area contributed by atoms with Crippen LogP contribution in [0.25, 0.3) is 0 Å². The van der Waals surface area contributed by atoms with Gasteiger partial charge in [-0.15, -0.1) is 0 Å². The topological polar surface area (TPSA) is 52.6 Å². The van der Waals surface area contributed by atoms with Crippen molar-refractivity contribution in [1.29, 1.82) is 0 Å². The number of aliphatic hydroxyl groups is 1. The summed E-state index contributed by atoms with van der Waals surface area (Å²) < 4.78 is 0. The van der Waals surface area contributed by atoms with Crippen molar-refractivity contribution in [2.45, 2.75) is 51.2 Å². The van der Waals surface area contributed by atoms with Crippen molar-refractivity contribution in [2.75, 3.05) is 13.2 Å². The second-order valence-electron chi connectivity index (χ2n) is 5.24. The van der Waals surface area contributed by atoms with E-state index in [1.807, 2.05) is 18.7 Å². The van der Waals surface area contributed by atoms with Crippen LogP contribution in [0.4, 0.5) is 0 Å². The monoisotopic (exact) mass is 226 g/mol. The molecule has 0 aromatic rings. The number of hydrogen-bond donors (Lipinski definition) is 2. The maximum atomic E-state index is 12.3. The van der Waals surface area contributed by atoms with E-state index in [1.54, 1.807) is 0 Å². The normalized spacial score (nSPS) is 32.4. The molecule has 2 fully saturated rings. The van der Waals surface area contributed by atoms with Crippen LogP contribution in [0.3, 0.4) is 0 Å². The molecule has 4 heteroatoms. The van der Waals surface area contributed by atoms with E-state index in [9.17, 15) is 4.79 Å². The fraction of sp³-hybridized carbons (Fsp3) is 0.917. The number of hydrogen-bond acceptors (Lipinski definition) is 3. The van der Waals surface area contributed by atoms with E-state index in [4.69, 9.17) is 5.11 Å². The van der Waals surface area contributed by atoms with Gasteiger partial charge in [-0.2, -0.15) is 0 Å². The summed E-state index contributed by atoms with van der Waals surface area (Å²) in [6.45, 7) is 4.53. The molecule has 16 heavy (non-hydrogen) atoms. The summed E-state index contributed by atoms with van der Waals surface area (Å²) in [7, 11) is 0. The first-order chi connectivity index (χ1) is 7.63. The van der Waals surface area contributed by atoms with Crippen molar-refractivity contribution in [3.63, 3.8) is 0 Å². The highest BCUT2D eigenvalue weighted by Gasteiger charge is 2.44. The number of carbonyl (C=O) groups excluding carboxylic acids is 1. The number of nitrogens with one attached hydrogen (secondary N) is 1. The lowest BCUT2D eigenvalue weighted by molar-refractivity contribution is -0.138. The second-order valence-corrected chi connectivity index (χ2v) is 5.24. The molecule has 2 bridgehead atoms. The van der Waals surface area contributed by atoms with Gasteiger partial charge in [-0.05, 0) is 33.1 Å². The minimum atomic E-state index is 0.0537. The molecule has 2 N–H and O–H groups in total. The maximum absolute atomic E-state index is 12.3. The fourth-order valence-electron chi connectivity index (χ4n) is 3.04. The van der Waals surface area contributed by atoms with E-state index in [0.29, 0.717) is 18.6 Å². The van der Waals surface area contributed by atoms with Crippen LogP contribution in [-0.4, -0.2) is 47.2 Å². The molecule has 0 aromatic heterocycles. The summed E-state index contributed by atoms with van der Waals surface area (Å²) in [5.74, 6) is 0.372. The van der Waals surface area contributed by atoms with Crippen LogP contribution in [-0.2, 0) is 4.79 Å². The van der Waals surface area contributed by atoms with E-state index in [2.05, 4.69) is 5.32 Å². The standard InChI is InChI=1S/C12H22N2O2/c1-8(2)14(5-6-15)12(16)10-7-9-3-4-11(10)13-9/h8-11,13,15H,3-7H2,1-2H3. The Morgan fingerprint density at radius 3 is 2.69 bits per heavy atom. The number of amides is 1. The lowest BCUT2D eigenvalue weighted by Crippen LogP contribution is -2.45. The highest BCUT2D eigenvalue weighted by Crippen LogP contribution is 2.34. The predicted molar refractivity (Wildman–Crippen MR) is 62.0 cm³/mol. The molecule has 0 aromatic carbocycles. The van der Waals surface area contributed by atoms with E-state index in [1.165, 1.54) is 6.42 Å². The lowest BCUT2D eigenvalue weighted by atomic mass is 9.88.